The minimum absolute atomic E-state index is 0.0602. The molecule has 1 aromatic heterocycles. The molecule has 0 N–H and O–H groups in total. The van der Waals surface area contributed by atoms with E-state index in [-0.39, 0.29) is 23.3 Å². The summed E-state index contributed by atoms with van der Waals surface area (Å²) in [5.41, 5.74) is 0.749. The number of nitrogens with zero attached hydrogens (tertiary/aromatic N) is 4. The second-order valence-corrected chi connectivity index (χ2v) is 6.02. The summed E-state index contributed by atoms with van der Waals surface area (Å²) in [5, 5.41) is 0.199. The van der Waals surface area contributed by atoms with Gasteiger partial charge in [-0.1, -0.05) is 0 Å². The van der Waals surface area contributed by atoms with Crippen LogP contribution in [0.25, 0.3) is 0 Å². The quantitative estimate of drug-likeness (QED) is 0.714. The van der Waals surface area contributed by atoms with Gasteiger partial charge in [0.25, 0.3) is 5.91 Å². The van der Waals surface area contributed by atoms with Crippen LogP contribution in [0.1, 0.15) is 12.8 Å². The van der Waals surface area contributed by atoms with Gasteiger partial charge in [-0.25, -0.2) is 4.98 Å². The lowest BCUT2D eigenvalue weighted by Crippen LogP contribution is -2.61. The molecule has 8 heteroatoms. The van der Waals surface area contributed by atoms with E-state index < -0.39 is 0 Å². The topological polar surface area (TPSA) is 67.8 Å². The fourth-order valence-corrected chi connectivity index (χ4v) is 3.52. The van der Waals surface area contributed by atoms with Crippen molar-refractivity contribution in [3.05, 3.63) is 11.5 Å². The molecule has 22 heavy (non-hydrogen) atoms. The molecule has 3 aliphatic heterocycles. The Bertz CT molecular complexity index is 593. The van der Waals surface area contributed by atoms with Crippen LogP contribution >= 0.6 is 11.6 Å². The molecule has 1 unspecified atom stereocenters. The van der Waals surface area contributed by atoms with Crippen LogP contribution in [0, 0.1) is 0 Å². The van der Waals surface area contributed by atoms with Crippen LogP contribution in [0.4, 0.5) is 11.5 Å². The number of halogens is 1. The molecule has 0 aromatic carbocycles. The van der Waals surface area contributed by atoms with Crippen LogP contribution in [-0.2, 0) is 14.3 Å². The maximum Gasteiger partial charge on any atom is 0.252 e. The lowest BCUT2D eigenvalue weighted by molar-refractivity contribution is -0.123. The second kappa shape index (κ2) is 5.64. The third kappa shape index (κ3) is 2.24. The number of hydrogen-bond donors (Lipinski definition) is 0. The number of fused-ring (bicyclic) bond motifs is 3. The SMILES string of the molecule is O=C1C2COCCN2c2nc(Cl)ncc2N1C1CCOCC1. The average Bonchev–Trinajstić information content (AvgIpc) is 2.57. The number of anilines is 2. The molecule has 0 radical (unpaired) electrons. The van der Waals surface area contributed by atoms with Gasteiger partial charge in [-0.2, -0.15) is 4.98 Å². The maximum absolute atomic E-state index is 13.0. The zero-order valence-corrected chi connectivity index (χ0v) is 12.8. The number of carbonyl (C=O) groups is 1. The molecular weight excluding hydrogens is 308 g/mol. The average molecular weight is 325 g/mol. The van der Waals surface area contributed by atoms with Crippen LogP contribution in [0.15, 0.2) is 6.20 Å². The van der Waals surface area contributed by atoms with Gasteiger partial charge in [0, 0.05) is 25.8 Å². The van der Waals surface area contributed by atoms with E-state index in [9.17, 15) is 4.79 Å². The summed E-state index contributed by atoms with van der Waals surface area (Å²) in [7, 11) is 0. The highest BCUT2D eigenvalue weighted by Gasteiger charge is 2.44. The van der Waals surface area contributed by atoms with Crippen molar-refractivity contribution < 1.29 is 14.3 Å². The summed E-state index contributed by atoms with van der Waals surface area (Å²) in [4.78, 5) is 25.3. The smallest absolute Gasteiger partial charge is 0.252 e. The van der Waals surface area contributed by atoms with E-state index in [1.165, 1.54) is 0 Å². The van der Waals surface area contributed by atoms with Crippen molar-refractivity contribution in [2.45, 2.75) is 24.9 Å². The van der Waals surface area contributed by atoms with E-state index in [1.54, 1.807) is 6.20 Å². The lowest BCUT2D eigenvalue weighted by atomic mass is 10.0. The largest absolute Gasteiger partial charge is 0.381 e. The van der Waals surface area contributed by atoms with Crippen molar-refractivity contribution >= 4 is 29.0 Å². The molecule has 0 spiro atoms. The highest BCUT2D eigenvalue weighted by Crippen LogP contribution is 2.38. The van der Waals surface area contributed by atoms with Gasteiger partial charge in [-0.3, -0.25) is 4.79 Å². The Kier molecular flexibility index (Phi) is 3.63. The van der Waals surface area contributed by atoms with Crippen molar-refractivity contribution in [2.24, 2.45) is 0 Å². The molecule has 7 nitrogen and oxygen atoms in total. The van der Waals surface area contributed by atoms with Gasteiger partial charge in [0.05, 0.1) is 19.4 Å². The molecule has 0 bridgehead atoms. The van der Waals surface area contributed by atoms with Crippen molar-refractivity contribution in [1.29, 1.82) is 0 Å². The first-order chi connectivity index (χ1) is 10.8. The van der Waals surface area contributed by atoms with Gasteiger partial charge in [-0.15, -0.1) is 0 Å². The van der Waals surface area contributed by atoms with E-state index in [0.717, 1.165) is 24.3 Å². The standard InChI is InChI=1S/C14H17ClN4O3/c15-14-16-7-10-12(17-14)18-3-6-22-8-11(18)13(20)19(10)9-1-4-21-5-2-9/h7,9,11H,1-6,8H2. The van der Waals surface area contributed by atoms with Crippen LogP contribution < -0.4 is 9.80 Å². The Labute approximate surface area is 133 Å². The summed E-state index contributed by atoms with van der Waals surface area (Å²) in [6.45, 7) is 2.95. The van der Waals surface area contributed by atoms with E-state index >= 15 is 0 Å². The number of amides is 1. The number of carbonyl (C=O) groups excluding carboxylic acids is 1. The molecular formula is C14H17ClN4O3. The van der Waals surface area contributed by atoms with Gasteiger partial charge >= 0.3 is 0 Å². The fourth-order valence-electron chi connectivity index (χ4n) is 3.39. The Balaban J connectivity index is 1.78. The first-order valence-corrected chi connectivity index (χ1v) is 7.91. The number of morpholine rings is 1. The third-order valence-corrected chi connectivity index (χ3v) is 4.64. The summed E-state index contributed by atoms with van der Waals surface area (Å²) in [6.07, 6.45) is 3.30. The van der Waals surface area contributed by atoms with Crippen molar-refractivity contribution in [3.8, 4) is 0 Å². The molecule has 1 aromatic rings. The zero-order chi connectivity index (χ0) is 15.1. The summed E-state index contributed by atoms with van der Waals surface area (Å²) >= 11 is 5.97. The molecule has 0 aliphatic carbocycles. The Hall–Kier alpha value is -1.44. The summed E-state index contributed by atoms with van der Waals surface area (Å²) in [6, 6.07) is -0.205. The van der Waals surface area contributed by atoms with E-state index in [1.807, 2.05) is 9.80 Å². The van der Waals surface area contributed by atoms with Gasteiger partial charge in [0.2, 0.25) is 5.28 Å². The monoisotopic (exact) mass is 324 g/mol. The predicted octanol–water partition coefficient (Wildman–Crippen LogP) is 0.861. The molecule has 2 fully saturated rings. The van der Waals surface area contributed by atoms with Crippen LogP contribution in [0.3, 0.4) is 0 Å². The van der Waals surface area contributed by atoms with Crippen molar-refractivity contribution in [1.82, 2.24) is 9.97 Å². The summed E-state index contributed by atoms with van der Waals surface area (Å²) < 4.78 is 10.9. The third-order valence-electron chi connectivity index (χ3n) is 4.46. The Morgan fingerprint density at radius 3 is 2.86 bits per heavy atom. The molecule has 4 heterocycles. The maximum atomic E-state index is 13.0. The van der Waals surface area contributed by atoms with Gasteiger partial charge in [0.1, 0.15) is 11.7 Å². The van der Waals surface area contributed by atoms with Gasteiger partial charge in [-0.05, 0) is 24.4 Å². The van der Waals surface area contributed by atoms with Gasteiger partial charge < -0.3 is 19.3 Å². The first-order valence-electron chi connectivity index (χ1n) is 7.53. The number of hydrogen-bond acceptors (Lipinski definition) is 6. The zero-order valence-electron chi connectivity index (χ0n) is 12.1. The molecule has 2 saturated heterocycles. The van der Waals surface area contributed by atoms with Crippen molar-refractivity contribution in [2.75, 3.05) is 42.8 Å². The Morgan fingerprint density at radius 2 is 2.05 bits per heavy atom. The highest BCUT2D eigenvalue weighted by molar-refractivity contribution is 6.28. The number of ether oxygens (including phenoxy) is 2. The fraction of sp³-hybridized carbons (Fsp3) is 0.643. The molecule has 0 saturated carbocycles. The minimum Gasteiger partial charge on any atom is -0.381 e. The molecule has 118 valence electrons. The molecule has 1 atom stereocenters. The molecule has 1 amide bonds. The normalized spacial score (nSPS) is 25.9. The van der Waals surface area contributed by atoms with E-state index in [2.05, 4.69) is 9.97 Å². The first kappa shape index (κ1) is 14.2. The van der Waals surface area contributed by atoms with Crippen LogP contribution in [0.5, 0.6) is 0 Å². The van der Waals surface area contributed by atoms with Gasteiger partial charge in [0.15, 0.2) is 5.82 Å². The predicted molar refractivity (Wildman–Crippen MR) is 80.3 cm³/mol. The molecule has 4 rings (SSSR count). The van der Waals surface area contributed by atoms with Crippen LogP contribution in [0.2, 0.25) is 5.28 Å². The number of rotatable bonds is 1. The Morgan fingerprint density at radius 1 is 1.23 bits per heavy atom. The van der Waals surface area contributed by atoms with Crippen molar-refractivity contribution in [3.63, 3.8) is 0 Å². The van der Waals surface area contributed by atoms with E-state index in [0.29, 0.717) is 33.0 Å². The molecule has 3 aliphatic rings. The van der Waals surface area contributed by atoms with Crippen LogP contribution in [-0.4, -0.2) is 60.9 Å². The minimum atomic E-state index is -0.324. The lowest BCUT2D eigenvalue weighted by Gasteiger charge is -2.46. The summed E-state index contributed by atoms with van der Waals surface area (Å²) in [5.74, 6) is 0.796. The van der Waals surface area contributed by atoms with E-state index in [4.69, 9.17) is 21.1 Å². The highest BCUT2D eigenvalue weighted by atomic mass is 35.5. The second-order valence-electron chi connectivity index (χ2n) is 5.68. The number of aromatic nitrogens is 2.